The van der Waals surface area contributed by atoms with Gasteiger partial charge in [0.25, 0.3) is 0 Å². The van der Waals surface area contributed by atoms with Crippen molar-refractivity contribution in [3.8, 4) is 0 Å². The highest BCUT2D eigenvalue weighted by molar-refractivity contribution is 5.72. The third-order valence-corrected chi connectivity index (χ3v) is 3.99. The van der Waals surface area contributed by atoms with Crippen molar-refractivity contribution in [3.63, 3.8) is 0 Å². The van der Waals surface area contributed by atoms with Crippen molar-refractivity contribution in [3.05, 3.63) is 0 Å². The Morgan fingerprint density at radius 1 is 0.667 bits per heavy atom. The SMILES string of the molecule is O=C(NNC1CCCCC1)NNC1CCCCC1. The molecule has 18 heavy (non-hydrogen) atoms. The molecule has 2 aliphatic rings. The lowest BCUT2D eigenvalue weighted by Crippen LogP contribution is -2.54. The number of hydrogen-bond acceptors (Lipinski definition) is 3. The van der Waals surface area contributed by atoms with E-state index in [4.69, 9.17) is 0 Å². The van der Waals surface area contributed by atoms with E-state index < -0.39 is 0 Å². The zero-order valence-electron chi connectivity index (χ0n) is 11.1. The van der Waals surface area contributed by atoms with E-state index in [0.717, 1.165) is 25.7 Å². The first-order chi connectivity index (χ1) is 8.84. The lowest BCUT2D eigenvalue weighted by molar-refractivity contribution is 0.219. The zero-order valence-corrected chi connectivity index (χ0v) is 11.1. The fourth-order valence-corrected chi connectivity index (χ4v) is 2.86. The molecule has 0 aromatic carbocycles. The molecule has 0 heterocycles. The van der Waals surface area contributed by atoms with Crippen molar-refractivity contribution < 1.29 is 4.79 Å². The number of hydrazine groups is 2. The minimum atomic E-state index is -0.175. The van der Waals surface area contributed by atoms with Crippen LogP contribution in [-0.2, 0) is 0 Å². The molecule has 4 N–H and O–H groups in total. The van der Waals surface area contributed by atoms with Gasteiger partial charge in [0.1, 0.15) is 0 Å². The molecule has 5 heteroatoms. The molecule has 0 atom stereocenters. The van der Waals surface area contributed by atoms with Gasteiger partial charge < -0.3 is 0 Å². The molecule has 0 saturated heterocycles. The topological polar surface area (TPSA) is 65.2 Å². The Balaban J connectivity index is 1.54. The highest BCUT2D eigenvalue weighted by Crippen LogP contribution is 2.17. The summed E-state index contributed by atoms with van der Waals surface area (Å²) in [5.41, 5.74) is 11.7. The molecule has 0 bridgehead atoms. The summed E-state index contributed by atoms with van der Waals surface area (Å²) in [7, 11) is 0. The largest absolute Gasteiger partial charge is 0.343 e. The van der Waals surface area contributed by atoms with Crippen LogP contribution in [0.25, 0.3) is 0 Å². The summed E-state index contributed by atoms with van der Waals surface area (Å²) in [6.07, 6.45) is 12.4. The van der Waals surface area contributed by atoms with Gasteiger partial charge in [0.15, 0.2) is 0 Å². The molecule has 0 aliphatic heterocycles. The first kappa shape index (κ1) is 13.6. The summed E-state index contributed by atoms with van der Waals surface area (Å²) in [5, 5.41) is 0. The minimum absolute atomic E-state index is 0.175. The fraction of sp³-hybridized carbons (Fsp3) is 0.923. The van der Waals surface area contributed by atoms with Gasteiger partial charge in [0.05, 0.1) is 0 Å². The maximum absolute atomic E-state index is 11.6. The lowest BCUT2D eigenvalue weighted by Gasteiger charge is -2.25. The third kappa shape index (κ3) is 4.82. The number of carbonyl (C=O) groups excluding carboxylic acids is 1. The molecule has 0 radical (unpaired) electrons. The second-order valence-electron chi connectivity index (χ2n) is 5.54. The first-order valence-corrected chi connectivity index (χ1v) is 7.41. The number of rotatable bonds is 4. The molecule has 2 rings (SSSR count). The van der Waals surface area contributed by atoms with Crippen LogP contribution in [0.1, 0.15) is 64.2 Å². The van der Waals surface area contributed by atoms with E-state index in [1.54, 1.807) is 0 Å². The summed E-state index contributed by atoms with van der Waals surface area (Å²) in [6.45, 7) is 0. The van der Waals surface area contributed by atoms with Gasteiger partial charge in [-0.1, -0.05) is 38.5 Å². The summed E-state index contributed by atoms with van der Waals surface area (Å²) in [6, 6.07) is 0.713. The molecule has 0 unspecified atom stereocenters. The van der Waals surface area contributed by atoms with Gasteiger partial charge in [-0.05, 0) is 25.7 Å². The molecule has 0 aromatic rings. The molecular formula is C13H26N4O. The van der Waals surface area contributed by atoms with Gasteiger partial charge in [-0.3, -0.25) is 10.9 Å². The Hall–Kier alpha value is -0.810. The van der Waals surface area contributed by atoms with Crippen LogP contribution in [0.2, 0.25) is 0 Å². The van der Waals surface area contributed by atoms with Crippen LogP contribution in [0.4, 0.5) is 4.79 Å². The van der Waals surface area contributed by atoms with E-state index >= 15 is 0 Å². The Morgan fingerprint density at radius 2 is 1.06 bits per heavy atom. The standard InChI is InChI=1S/C13H26N4O/c18-13(16-14-11-7-3-1-4-8-11)17-15-12-9-5-2-6-10-12/h11-12,14-15H,1-10H2,(H2,16,17,18). The third-order valence-electron chi connectivity index (χ3n) is 3.99. The van der Waals surface area contributed by atoms with E-state index in [9.17, 15) is 4.79 Å². The normalized spacial score (nSPS) is 22.7. The van der Waals surface area contributed by atoms with Crippen LogP contribution in [0, 0.1) is 0 Å². The summed E-state index contributed by atoms with van der Waals surface area (Å²) in [5.74, 6) is 0. The van der Waals surface area contributed by atoms with Crippen LogP contribution < -0.4 is 21.7 Å². The highest BCUT2D eigenvalue weighted by Gasteiger charge is 2.15. The van der Waals surface area contributed by atoms with Crippen LogP contribution in [0.5, 0.6) is 0 Å². The number of hydrogen-bond donors (Lipinski definition) is 4. The number of urea groups is 1. The maximum atomic E-state index is 11.6. The van der Waals surface area contributed by atoms with E-state index in [0.29, 0.717) is 12.1 Å². The number of carbonyl (C=O) groups is 1. The first-order valence-electron chi connectivity index (χ1n) is 7.41. The Bertz CT molecular complexity index is 223. The monoisotopic (exact) mass is 254 g/mol. The van der Waals surface area contributed by atoms with Gasteiger partial charge in [0, 0.05) is 12.1 Å². The van der Waals surface area contributed by atoms with Crippen LogP contribution in [0.3, 0.4) is 0 Å². The second kappa shape index (κ2) is 7.59. The predicted octanol–water partition coefficient (Wildman–Crippen LogP) is 1.96. The van der Waals surface area contributed by atoms with Crippen LogP contribution in [-0.4, -0.2) is 18.1 Å². The molecule has 0 aromatic heterocycles. The number of amides is 2. The average molecular weight is 254 g/mol. The van der Waals surface area contributed by atoms with Crippen molar-refractivity contribution in [1.29, 1.82) is 0 Å². The molecule has 2 saturated carbocycles. The predicted molar refractivity (Wildman–Crippen MR) is 71.7 cm³/mol. The van der Waals surface area contributed by atoms with Crippen molar-refractivity contribution in [2.75, 3.05) is 0 Å². The van der Waals surface area contributed by atoms with Crippen LogP contribution >= 0.6 is 0 Å². The molecule has 104 valence electrons. The average Bonchev–Trinajstić information content (AvgIpc) is 2.45. The lowest BCUT2D eigenvalue weighted by atomic mass is 9.96. The van der Waals surface area contributed by atoms with Crippen molar-refractivity contribution in [2.24, 2.45) is 0 Å². The fourth-order valence-electron chi connectivity index (χ4n) is 2.86. The molecule has 2 amide bonds. The Morgan fingerprint density at radius 3 is 1.44 bits per heavy atom. The van der Waals surface area contributed by atoms with Crippen LogP contribution in [0.15, 0.2) is 0 Å². The van der Waals surface area contributed by atoms with Gasteiger partial charge >= 0.3 is 6.03 Å². The Kier molecular flexibility index (Phi) is 5.74. The molecule has 2 fully saturated rings. The smallest absolute Gasteiger partial charge is 0.272 e. The van der Waals surface area contributed by atoms with Crippen molar-refractivity contribution in [1.82, 2.24) is 21.7 Å². The van der Waals surface area contributed by atoms with Gasteiger partial charge in [-0.15, -0.1) is 0 Å². The van der Waals surface area contributed by atoms with Crippen molar-refractivity contribution >= 4 is 6.03 Å². The minimum Gasteiger partial charge on any atom is -0.272 e. The van der Waals surface area contributed by atoms with E-state index in [2.05, 4.69) is 21.7 Å². The number of nitrogens with one attached hydrogen (secondary N) is 4. The summed E-state index contributed by atoms with van der Waals surface area (Å²) >= 11 is 0. The maximum Gasteiger partial charge on any atom is 0.343 e. The van der Waals surface area contributed by atoms with E-state index in [-0.39, 0.29) is 6.03 Å². The molecular weight excluding hydrogens is 228 g/mol. The molecule has 5 nitrogen and oxygen atoms in total. The Labute approximate surface area is 109 Å². The summed E-state index contributed by atoms with van der Waals surface area (Å²) in [4.78, 5) is 11.6. The van der Waals surface area contributed by atoms with Gasteiger partial charge in [-0.2, -0.15) is 0 Å². The van der Waals surface area contributed by atoms with E-state index in [1.165, 1.54) is 38.5 Å². The quantitative estimate of drug-likeness (QED) is 0.580. The molecule has 2 aliphatic carbocycles. The van der Waals surface area contributed by atoms with Crippen molar-refractivity contribution in [2.45, 2.75) is 76.3 Å². The highest BCUT2D eigenvalue weighted by atomic mass is 16.2. The second-order valence-corrected chi connectivity index (χ2v) is 5.54. The zero-order chi connectivity index (χ0) is 12.6. The van der Waals surface area contributed by atoms with Gasteiger partial charge in [-0.25, -0.2) is 15.6 Å². The summed E-state index contributed by atoms with van der Waals surface area (Å²) < 4.78 is 0. The van der Waals surface area contributed by atoms with E-state index in [1.807, 2.05) is 0 Å². The van der Waals surface area contributed by atoms with Gasteiger partial charge in [0.2, 0.25) is 0 Å². The molecule has 0 spiro atoms.